The Morgan fingerprint density at radius 1 is 1.00 bits per heavy atom. The molecule has 2 fully saturated rings. The van der Waals surface area contributed by atoms with Crippen molar-refractivity contribution in [2.24, 2.45) is 0 Å². The molecule has 4 heterocycles. The van der Waals surface area contributed by atoms with Gasteiger partial charge in [-0.25, -0.2) is 19.3 Å². The predicted molar refractivity (Wildman–Crippen MR) is 156 cm³/mol. The van der Waals surface area contributed by atoms with Crippen LogP contribution in [0.1, 0.15) is 53.2 Å². The molecular formula is C31H34FN7O. The first-order valence-electron chi connectivity index (χ1n) is 14.1. The van der Waals surface area contributed by atoms with Gasteiger partial charge in [-0.15, -0.1) is 0 Å². The van der Waals surface area contributed by atoms with E-state index in [0.29, 0.717) is 29.9 Å². The Labute approximate surface area is 233 Å². The minimum Gasteiger partial charge on any atom is -0.324 e. The van der Waals surface area contributed by atoms with Gasteiger partial charge in [0.05, 0.1) is 11.6 Å². The molecule has 2 aliphatic heterocycles. The van der Waals surface area contributed by atoms with E-state index in [1.807, 2.05) is 37.3 Å². The number of rotatable bonds is 6. The lowest BCUT2D eigenvalue weighted by atomic mass is 9.94. The number of aromatic nitrogens is 3. The van der Waals surface area contributed by atoms with Crippen molar-refractivity contribution in [3.63, 3.8) is 0 Å². The number of hydrogen-bond acceptors (Lipinski definition) is 7. The molecule has 0 saturated carbocycles. The molecule has 6 rings (SSSR count). The predicted octanol–water partition coefficient (Wildman–Crippen LogP) is 5.08. The van der Waals surface area contributed by atoms with E-state index < -0.39 is 11.7 Å². The number of fused-ring (bicyclic) bond motifs is 1. The Kier molecular flexibility index (Phi) is 7.66. The SMILES string of the molecule is Cc1cccc2ccnc(N(C(=O)c3ccc(Nc4nccc(C5CCNCC5)n4)cc3F)[C@@H]3CCCNC3)c12. The van der Waals surface area contributed by atoms with Crippen LogP contribution in [0.5, 0.6) is 0 Å². The molecule has 2 saturated heterocycles. The summed E-state index contributed by atoms with van der Waals surface area (Å²) >= 11 is 0. The number of halogens is 1. The smallest absolute Gasteiger partial charge is 0.262 e. The van der Waals surface area contributed by atoms with E-state index in [4.69, 9.17) is 0 Å². The normalized spacial score (nSPS) is 18.0. The van der Waals surface area contributed by atoms with Gasteiger partial charge in [-0.3, -0.25) is 9.69 Å². The van der Waals surface area contributed by atoms with Crippen LogP contribution in [0, 0.1) is 12.7 Å². The third-order valence-corrected chi connectivity index (χ3v) is 7.95. The summed E-state index contributed by atoms with van der Waals surface area (Å²) in [7, 11) is 0. The number of pyridine rings is 1. The molecule has 206 valence electrons. The van der Waals surface area contributed by atoms with Crippen LogP contribution >= 0.6 is 0 Å². The zero-order valence-corrected chi connectivity index (χ0v) is 22.7. The maximum Gasteiger partial charge on any atom is 0.262 e. The zero-order chi connectivity index (χ0) is 27.5. The number of carbonyl (C=O) groups excluding carboxylic acids is 1. The maximum absolute atomic E-state index is 15.6. The summed E-state index contributed by atoms with van der Waals surface area (Å²) in [5.41, 5.74) is 2.50. The number of amides is 1. The Balaban J connectivity index is 1.30. The number of nitrogens with one attached hydrogen (secondary N) is 3. The lowest BCUT2D eigenvalue weighted by molar-refractivity contribution is 0.0968. The summed E-state index contributed by atoms with van der Waals surface area (Å²) in [4.78, 5) is 29.4. The lowest BCUT2D eigenvalue weighted by Crippen LogP contribution is -2.49. The van der Waals surface area contributed by atoms with Gasteiger partial charge >= 0.3 is 0 Å². The minimum atomic E-state index is -0.602. The minimum absolute atomic E-state index is 0.00730. The topological polar surface area (TPSA) is 95.1 Å². The molecule has 4 aromatic rings. The summed E-state index contributed by atoms with van der Waals surface area (Å²) in [6, 6.07) is 14.4. The van der Waals surface area contributed by atoms with E-state index in [1.165, 1.54) is 12.1 Å². The molecule has 1 amide bonds. The average molecular weight is 540 g/mol. The molecule has 0 spiro atoms. The summed E-state index contributed by atoms with van der Waals surface area (Å²) in [6.07, 6.45) is 7.25. The van der Waals surface area contributed by atoms with Crippen molar-refractivity contribution in [2.45, 2.75) is 44.6 Å². The number of benzene rings is 2. The van der Waals surface area contributed by atoms with E-state index >= 15 is 4.39 Å². The first-order chi connectivity index (χ1) is 19.6. The molecule has 40 heavy (non-hydrogen) atoms. The van der Waals surface area contributed by atoms with Crippen molar-refractivity contribution >= 4 is 34.1 Å². The summed E-state index contributed by atoms with van der Waals surface area (Å²) in [5.74, 6) is 0.368. The van der Waals surface area contributed by atoms with E-state index in [2.05, 4.69) is 30.9 Å². The van der Waals surface area contributed by atoms with Crippen molar-refractivity contribution in [1.29, 1.82) is 0 Å². The first kappa shape index (κ1) is 26.3. The van der Waals surface area contributed by atoms with E-state index in [-0.39, 0.29) is 11.6 Å². The molecule has 3 N–H and O–H groups in total. The second kappa shape index (κ2) is 11.7. The molecule has 1 atom stereocenters. The summed E-state index contributed by atoms with van der Waals surface area (Å²) < 4.78 is 15.6. The Bertz CT molecular complexity index is 1510. The monoisotopic (exact) mass is 539 g/mol. The fourth-order valence-corrected chi connectivity index (χ4v) is 5.86. The Hall–Kier alpha value is -3.95. The summed E-state index contributed by atoms with van der Waals surface area (Å²) in [5, 5.41) is 11.8. The van der Waals surface area contributed by atoms with Gasteiger partial charge in [0.2, 0.25) is 5.95 Å². The molecule has 9 heteroatoms. The maximum atomic E-state index is 15.6. The fourth-order valence-electron chi connectivity index (χ4n) is 5.86. The lowest BCUT2D eigenvalue weighted by Gasteiger charge is -2.35. The molecular weight excluding hydrogens is 505 g/mol. The third-order valence-electron chi connectivity index (χ3n) is 7.95. The highest BCUT2D eigenvalue weighted by Gasteiger charge is 2.31. The number of anilines is 3. The molecule has 8 nitrogen and oxygen atoms in total. The second-order valence-corrected chi connectivity index (χ2v) is 10.6. The highest BCUT2D eigenvalue weighted by atomic mass is 19.1. The van der Waals surface area contributed by atoms with Crippen molar-refractivity contribution in [1.82, 2.24) is 25.6 Å². The van der Waals surface area contributed by atoms with Crippen LogP contribution in [0.25, 0.3) is 10.8 Å². The quantitative estimate of drug-likeness (QED) is 0.315. The van der Waals surface area contributed by atoms with E-state index in [1.54, 1.807) is 23.4 Å². The first-order valence-corrected chi connectivity index (χ1v) is 14.1. The van der Waals surface area contributed by atoms with Gasteiger partial charge in [-0.05, 0) is 93.5 Å². The van der Waals surface area contributed by atoms with Crippen LogP contribution in [0.2, 0.25) is 0 Å². The van der Waals surface area contributed by atoms with Crippen molar-refractivity contribution in [3.8, 4) is 0 Å². The number of aryl methyl sites for hydroxylation is 1. The van der Waals surface area contributed by atoms with Crippen LogP contribution in [0.3, 0.4) is 0 Å². The van der Waals surface area contributed by atoms with Crippen LogP contribution in [-0.2, 0) is 0 Å². The van der Waals surface area contributed by atoms with Crippen LogP contribution < -0.4 is 20.9 Å². The van der Waals surface area contributed by atoms with Gasteiger partial charge in [0.1, 0.15) is 11.6 Å². The second-order valence-electron chi connectivity index (χ2n) is 10.6. The fraction of sp³-hybridized carbons (Fsp3) is 0.355. The Morgan fingerprint density at radius 3 is 2.65 bits per heavy atom. The van der Waals surface area contributed by atoms with Gasteiger partial charge in [-0.2, -0.15) is 0 Å². The standard InChI is InChI=1S/C31H34FN7O/c1-20-4-2-5-22-11-16-35-29(28(20)22)39(24-6-3-13-34-19-24)30(40)25-8-7-23(18-26(25)32)37-31-36-17-12-27(38-31)21-9-14-33-15-10-21/h2,4-5,7-8,11-12,16-18,21,24,33-34H,3,6,9-10,13-15,19H2,1H3,(H,36,37,38)/t24-/m1/s1. The summed E-state index contributed by atoms with van der Waals surface area (Å²) in [6.45, 7) is 5.48. The zero-order valence-electron chi connectivity index (χ0n) is 22.7. The highest BCUT2D eigenvalue weighted by molar-refractivity contribution is 6.11. The number of hydrogen-bond donors (Lipinski definition) is 3. The number of carbonyl (C=O) groups is 1. The van der Waals surface area contributed by atoms with Crippen LogP contribution in [0.15, 0.2) is 60.9 Å². The highest BCUT2D eigenvalue weighted by Crippen LogP contribution is 2.32. The molecule has 2 aromatic heterocycles. The third kappa shape index (κ3) is 5.39. The molecule has 2 aromatic carbocycles. The van der Waals surface area contributed by atoms with Gasteiger partial charge in [0, 0.05) is 41.6 Å². The van der Waals surface area contributed by atoms with Gasteiger partial charge in [0.25, 0.3) is 5.91 Å². The molecule has 0 aliphatic carbocycles. The van der Waals surface area contributed by atoms with Gasteiger partial charge in [-0.1, -0.05) is 18.2 Å². The van der Waals surface area contributed by atoms with Crippen molar-refractivity contribution in [2.75, 3.05) is 36.4 Å². The average Bonchev–Trinajstić information content (AvgIpc) is 2.99. The van der Waals surface area contributed by atoms with Gasteiger partial charge < -0.3 is 16.0 Å². The molecule has 0 bridgehead atoms. The number of piperidine rings is 2. The van der Waals surface area contributed by atoms with Gasteiger partial charge in [0.15, 0.2) is 0 Å². The molecule has 0 unspecified atom stereocenters. The van der Waals surface area contributed by atoms with E-state index in [0.717, 1.165) is 67.3 Å². The van der Waals surface area contributed by atoms with E-state index in [9.17, 15) is 4.79 Å². The van der Waals surface area contributed by atoms with Crippen molar-refractivity contribution in [3.05, 3.63) is 83.6 Å². The number of nitrogens with zero attached hydrogens (tertiary/aromatic N) is 4. The van der Waals surface area contributed by atoms with Crippen LogP contribution in [0.4, 0.5) is 21.8 Å². The molecule has 0 radical (unpaired) electrons. The molecule has 2 aliphatic rings. The van der Waals surface area contributed by atoms with Crippen molar-refractivity contribution < 1.29 is 9.18 Å². The van der Waals surface area contributed by atoms with Crippen LogP contribution in [-0.4, -0.2) is 53.1 Å². The Morgan fingerprint density at radius 2 is 1.85 bits per heavy atom. The largest absolute Gasteiger partial charge is 0.324 e.